The number of Topliss-reactive ketones (excluding diaryl/α,β-unsaturated/α-hetero) is 1. The van der Waals surface area contributed by atoms with Crippen molar-refractivity contribution in [2.45, 2.75) is 26.9 Å². The number of hydrogen-bond donors (Lipinski definition) is 0. The van der Waals surface area contributed by atoms with Gasteiger partial charge in [0.2, 0.25) is 0 Å². The molecular weight excluding hydrogens is 622 g/mol. The summed E-state index contributed by atoms with van der Waals surface area (Å²) in [5.41, 5.74) is 1.46. The van der Waals surface area contributed by atoms with Gasteiger partial charge in [-0.25, -0.2) is 9.18 Å². The van der Waals surface area contributed by atoms with Gasteiger partial charge < -0.3 is 14.2 Å². The lowest BCUT2D eigenvalue weighted by Gasteiger charge is -2.14. The number of methoxy groups -OCH3 is 1. The highest BCUT2D eigenvalue weighted by Crippen LogP contribution is 2.36. The molecule has 0 atom stereocenters. The predicted molar refractivity (Wildman–Crippen MR) is 148 cm³/mol. The molecule has 0 aliphatic heterocycles. The normalized spacial score (nSPS) is 10.9. The maximum atomic E-state index is 14.0. The van der Waals surface area contributed by atoms with Crippen molar-refractivity contribution in [2.75, 3.05) is 13.7 Å². The molecule has 10 heteroatoms. The zero-order valence-electron chi connectivity index (χ0n) is 20.8. The highest BCUT2D eigenvalue weighted by Gasteiger charge is 2.23. The molecule has 0 saturated heterocycles. The molecule has 0 amide bonds. The fourth-order valence-corrected chi connectivity index (χ4v) is 5.48. The molecule has 0 fully saturated rings. The maximum absolute atomic E-state index is 14.0. The summed E-state index contributed by atoms with van der Waals surface area (Å²) in [6, 6.07) is 13.6. The van der Waals surface area contributed by atoms with Crippen LogP contribution < -0.4 is 9.47 Å². The van der Waals surface area contributed by atoms with Crippen molar-refractivity contribution in [3.05, 3.63) is 83.4 Å². The number of hydrogen-bond acceptors (Lipinski definition) is 8. The summed E-state index contributed by atoms with van der Waals surface area (Å²) in [4.78, 5) is 25.9. The van der Waals surface area contributed by atoms with E-state index in [9.17, 15) is 24.5 Å². The van der Waals surface area contributed by atoms with E-state index < -0.39 is 11.8 Å². The van der Waals surface area contributed by atoms with Crippen LogP contribution in [0.2, 0.25) is 0 Å². The summed E-state index contributed by atoms with van der Waals surface area (Å²) in [7, 11) is 1.45. The highest BCUT2D eigenvalue weighted by atomic mass is 127. The molecule has 0 N–H and O–H groups in total. The van der Waals surface area contributed by atoms with Gasteiger partial charge in [-0.2, -0.15) is 10.5 Å². The van der Waals surface area contributed by atoms with Crippen LogP contribution in [0.5, 0.6) is 11.5 Å². The standard InChI is InChI=1S/C28H22FIN2O5S/c1-4-36-28(34)27-16(2)20(14-32)25(38-27)12-23(33)19(13-31)9-17-10-22(30)26(24(11-17)35-3)37-15-18-7-5-6-8-21(18)29/h5-11H,4,12,15H2,1-3H3. The SMILES string of the molecule is CCOC(=O)c1sc(CC(=O)C(C#N)=Cc2cc(I)c(OCc3ccccc3F)c(OC)c2)c(C#N)c1C. The van der Waals surface area contributed by atoms with Gasteiger partial charge in [0.05, 0.1) is 28.4 Å². The zero-order valence-corrected chi connectivity index (χ0v) is 23.7. The van der Waals surface area contributed by atoms with Gasteiger partial charge in [-0.1, -0.05) is 18.2 Å². The lowest BCUT2D eigenvalue weighted by atomic mass is 10.0. The van der Waals surface area contributed by atoms with Crippen LogP contribution in [0, 0.1) is 39.0 Å². The second-order valence-electron chi connectivity index (χ2n) is 7.87. The Morgan fingerprint density at radius 1 is 1.21 bits per heavy atom. The molecule has 0 radical (unpaired) electrons. The zero-order chi connectivity index (χ0) is 27.8. The van der Waals surface area contributed by atoms with Crippen LogP contribution in [-0.4, -0.2) is 25.5 Å². The molecule has 0 bridgehead atoms. The minimum Gasteiger partial charge on any atom is -0.493 e. The van der Waals surface area contributed by atoms with Crippen LogP contribution in [0.15, 0.2) is 42.0 Å². The fraction of sp³-hybridized carbons (Fsp3) is 0.214. The van der Waals surface area contributed by atoms with E-state index in [-0.39, 0.29) is 41.5 Å². The topological polar surface area (TPSA) is 109 Å². The van der Waals surface area contributed by atoms with Crippen molar-refractivity contribution in [3.8, 4) is 23.6 Å². The van der Waals surface area contributed by atoms with E-state index >= 15 is 0 Å². The van der Waals surface area contributed by atoms with E-state index in [0.717, 1.165) is 11.3 Å². The molecule has 3 rings (SSSR count). The number of allylic oxidation sites excluding steroid dienone is 1. The van der Waals surface area contributed by atoms with Crippen LogP contribution in [0.4, 0.5) is 4.39 Å². The van der Waals surface area contributed by atoms with Crippen molar-refractivity contribution >= 4 is 51.8 Å². The highest BCUT2D eigenvalue weighted by molar-refractivity contribution is 14.1. The Balaban J connectivity index is 1.87. The average Bonchev–Trinajstić information content (AvgIpc) is 3.21. The number of rotatable bonds is 10. The van der Waals surface area contributed by atoms with E-state index in [1.54, 1.807) is 44.2 Å². The summed E-state index contributed by atoms with van der Waals surface area (Å²) in [6.45, 7) is 3.48. The van der Waals surface area contributed by atoms with Crippen LogP contribution >= 0.6 is 33.9 Å². The first-order chi connectivity index (χ1) is 18.2. The number of carbonyl (C=O) groups is 2. The molecule has 1 aromatic heterocycles. The minimum atomic E-state index is -0.555. The van der Waals surface area contributed by atoms with Crippen molar-refractivity contribution in [1.29, 1.82) is 10.5 Å². The first kappa shape index (κ1) is 28.8. The van der Waals surface area contributed by atoms with E-state index in [2.05, 4.69) is 0 Å². The largest absolute Gasteiger partial charge is 0.493 e. The van der Waals surface area contributed by atoms with Crippen molar-refractivity contribution < 1.29 is 28.2 Å². The maximum Gasteiger partial charge on any atom is 0.348 e. The number of nitriles is 2. The van der Waals surface area contributed by atoms with Crippen molar-refractivity contribution in [2.24, 2.45) is 0 Å². The Labute approximate surface area is 237 Å². The number of benzene rings is 2. The van der Waals surface area contributed by atoms with Gasteiger partial charge in [0.15, 0.2) is 17.3 Å². The van der Waals surface area contributed by atoms with E-state index in [4.69, 9.17) is 14.2 Å². The molecule has 38 heavy (non-hydrogen) atoms. The predicted octanol–water partition coefficient (Wildman–Crippen LogP) is 6.15. The second kappa shape index (κ2) is 13.2. The molecule has 7 nitrogen and oxygen atoms in total. The summed E-state index contributed by atoms with van der Waals surface area (Å²) in [6.07, 6.45) is 1.21. The number of thiophene rings is 1. The number of carbonyl (C=O) groups excluding carboxylic acids is 2. The Morgan fingerprint density at radius 2 is 1.95 bits per heavy atom. The van der Waals surface area contributed by atoms with E-state index in [0.29, 0.717) is 36.6 Å². The van der Waals surface area contributed by atoms with Gasteiger partial charge in [0.25, 0.3) is 0 Å². The lowest BCUT2D eigenvalue weighted by Crippen LogP contribution is -2.05. The fourth-order valence-electron chi connectivity index (χ4n) is 3.55. The van der Waals surface area contributed by atoms with Gasteiger partial charge in [-0.3, -0.25) is 4.79 Å². The molecule has 0 aliphatic carbocycles. The van der Waals surface area contributed by atoms with Gasteiger partial charge in [-0.05, 0) is 71.8 Å². The average molecular weight is 644 g/mol. The van der Waals surface area contributed by atoms with Gasteiger partial charge in [0.1, 0.15) is 29.4 Å². The van der Waals surface area contributed by atoms with Gasteiger partial charge in [-0.15, -0.1) is 11.3 Å². The first-order valence-electron chi connectivity index (χ1n) is 11.3. The third kappa shape index (κ3) is 6.57. The van der Waals surface area contributed by atoms with Crippen LogP contribution in [0.25, 0.3) is 6.08 Å². The van der Waals surface area contributed by atoms with Gasteiger partial charge in [0, 0.05) is 16.9 Å². The Morgan fingerprint density at radius 3 is 2.58 bits per heavy atom. The van der Waals surface area contributed by atoms with Crippen LogP contribution in [0.3, 0.4) is 0 Å². The molecular formula is C28H22FIN2O5S. The lowest BCUT2D eigenvalue weighted by molar-refractivity contribution is -0.114. The third-order valence-electron chi connectivity index (χ3n) is 5.43. The molecule has 0 saturated carbocycles. The molecule has 0 aliphatic rings. The summed E-state index contributed by atoms with van der Waals surface area (Å²) < 4.78 is 30.9. The van der Waals surface area contributed by atoms with Crippen molar-refractivity contribution in [1.82, 2.24) is 0 Å². The summed E-state index contributed by atoms with van der Waals surface area (Å²) >= 11 is 3.05. The number of halogens is 2. The molecule has 0 unspecified atom stereocenters. The Bertz CT molecular complexity index is 1500. The summed E-state index contributed by atoms with van der Waals surface area (Å²) in [5.74, 6) is -0.690. The van der Waals surface area contributed by atoms with Crippen LogP contribution in [-0.2, 0) is 22.6 Å². The Kier molecular flexibility index (Phi) is 9.99. The molecule has 3 aromatic rings. The molecule has 194 valence electrons. The first-order valence-corrected chi connectivity index (χ1v) is 13.2. The number of esters is 1. The molecule has 0 spiro atoms. The number of ether oxygens (including phenoxy) is 3. The monoisotopic (exact) mass is 644 g/mol. The molecule has 2 aromatic carbocycles. The quantitative estimate of drug-likeness (QED) is 0.113. The van der Waals surface area contributed by atoms with Gasteiger partial charge >= 0.3 is 5.97 Å². The number of nitrogens with zero attached hydrogens (tertiary/aromatic N) is 2. The molecule has 1 heterocycles. The minimum absolute atomic E-state index is 0.00854. The van der Waals surface area contributed by atoms with Crippen molar-refractivity contribution in [3.63, 3.8) is 0 Å². The van der Waals surface area contributed by atoms with E-state index in [1.165, 1.54) is 19.3 Å². The van der Waals surface area contributed by atoms with Crippen LogP contribution in [0.1, 0.15) is 43.7 Å². The smallest absolute Gasteiger partial charge is 0.348 e. The van der Waals surface area contributed by atoms with E-state index in [1.807, 2.05) is 34.7 Å². The summed E-state index contributed by atoms with van der Waals surface area (Å²) in [5, 5.41) is 19.3. The third-order valence-corrected chi connectivity index (χ3v) is 7.50. The Hall–Kier alpha value is -3.74. The number of ketones is 1. The second-order valence-corrected chi connectivity index (χ2v) is 10.1.